The summed E-state index contributed by atoms with van der Waals surface area (Å²) < 4.78 is 0. The summed E-state index contributed by atoms with van der Waals surface area (Å²) in [5, 5.41) is 15.6. The number of likely N-dealkylation sites (tertiary alicyclic amines) is 1. The fourth-order valence-corrected chi connectivity index (χ4v) is 3.27. The summed E-state index contributed by atoms with van der Waals surface area (Å²) in [6, 6.07) is 1.65. The molecule has 0 spiro atoms. The Morgan fingerprint density at radius 3 is 3.10 bits per heavy atom. The average Bonchev–Trinajstić information content (AvgIpc) is 2.85. The highest BCUT2D eigenvalue weighted by molar-refractivity contribution is 7.13. The molecule has 0 radical (unpaired) electrons. The molecule has 1 fully saturated rings. The van der Waals surface area contributed by atoms with Crippen LogP contribution in [0, 0.1) is 16.0 Å². The number of hydrogen-bond acceptors (Lipinski definition) is 5. The lowest BCUT2D eigenvalue weighted by molar-refractivity contribution is -0.380. The number of amides is 1. The smallest absolute Gasteiger partial charge is 0.324 e. The topological polar surface area (TPSA) is 75.5 Å². The quantitative estimate of drug-likeness (QED) is 0.666. The summed E-state index contributed by atoms with van der Waals surface area (Å²) in [5.74, 6) is 0.483. The minimum absolute atomic E-state index is 0.00980. The molecule has 1 N–H and O–H groups in total. The Morgan fingerprint density at radius 1 is 1.65 bits per heavy atom. The zero-order chi connectivity index (χ0) is 14.5. The summed E-state index contributed by atoms with van der Waals surface area (Å²) in [4.78, 5) is 23.6. The van der Waals surface area contributed by atoms with E-state index in [-0.39, 0.29) is 15.8 Å². The molecule has 0 saturated carbocycles. The average molecular weight is 297 g/mol. The maximum Gasteiger partial charge on any atom is 0.324 e. The number of rotatable bonds is 5. The van der Waals surface area contributed by atoms with Crippen molar-refractivity contribution < 1.29 is 9.72 Å². The third-order valence-corrected chi connectivity index (χ3v) is 4.40. The first-order chi connectivity index (χ1) is 9.54. The van der Waals surface area contributed by atoms with Crippen LogP contribution in [-0.4, -0.2) is 35.4 Å². The Hall–Kier alpha value is -1.47. The lowest BCUT2D eigenvalue weighted by Crippen LogP contribution is -2.40. The maximum absolute atomic E-state index is 10.9. The Morgan fingerprint density at radius 2 is 2.45 bits per heavy atom. The highest BCUT2D eigenvalue weighted by Gasteiger charge is 2.21. The standard InChI is InChI=1S/C13H19N3O3S/c1-10(17)14-6-11-3-2-4-15(7-11)8-12-5-13(16(18)19)20-9-12/h5,9,11H,2-4,6-8H2,1H3,(H,14,17)/t11-/m0/s1. The van der Waals surface area contributed by atoms with E-state index in [1.807, 2.05) is 5.38 Å². The predicted octanol–water partition coefficient (Wildman–Crippen LogP) is 2.00. The van der Waals surface area contributed by atoms with Gasteiger partial charge in [-0.1, -0.05) is 11.3 Å². The minimum atomic E-state index is -0.343. The first kappa shape index (κ1) is 14.9. The molecule has 6 nitrogen and oxygen atoms in total. The Labute approximate surface area is 121 Å². The van der Waals surface area contributed by atoms with Crippen molar-refractivity contribution in [3.8, 4) is 0 Å². The highest BCUT2D eigenvalue weighted by atomic mass is 32.1. The summed E-state index contributed by atoms with van der Waals surface area (Å²) in [6.45, 7) is 4.95. The number of carbonyl (C=O) groups is 1. The minimum Gasteiger partial charge on any atom is -0.356 e. The van der Waals surface area contributed by atoms with E-state index in [2.05, 4.69) is 10.2 Å². The summed E-state index contributed by atoms with van der Waals surface area (Å²) >= 11 is 1.18. The van der Waals surface area contributed by atoms with Gasteiger partial charge in [-0.25, -0.2) is 0 Å². The van der Waals surface area contributed by atoms with Crippen LogP contribution in [0.15, 0.2) is 11.4 Å². The second-order valence-corrected chi connectivity index (χ2v) is 6.12. The first-order valence-corrected chi connectivity index (χ1v) is 7.61. The normalized spacial score (nSPS) is 19.8. The molecular formula is C13H19N3O3S. The molecule has 1 aromatic rings. The lowest BCUT2D eigenvalue weighted by Gasteiger charge is -2.32. The van der Waals surface area contributed by atoms with Gasteiger partial charge in [-0.05, 0) is 30.9 Å². The van der Waals surface area contributed by atoms with Crippen molar-refractivity contribution in [2.45, 2.75) is 26.3 Å². The Balaban J connectivity index is 1.85. The van der Waals surface area contributed by atoms with Gasteiger partial charge in [0.05, 0.1) is 4.92 Å². The Bertz CT molecular complexity index is 489. The summed E-state index contributed by atoms with van der Waals surface area (Å²) in [7, 11) is 0. The van der Waals surface area contributed by atoms with Crippen molar-refractivity contribution in [3.05, 3.63) is 27.1 Å². The van der Waals surface area contributed by atoms with Crippen molar-refractivity contribution in [2.75, 3.05) is 19.6 Å². The van der Waals surface area contributed by atoms with Crippen LogP contribution >= 0.6 is 11.3 Å². The van der Waals surface area contributed by atoms with Crippen molar-refractivity contribution >= 4 is 22.2 Å². The van der Waals surface area contributed by atoms with Crippen LogP contribution in [-0.2, 0) is 11.3 Å². The third-order valence-electron chi connectivity index (χ3n) is 3.47. The second kappa shape index (κ2) is 6.81. The number of nitrogens with one attached hydrogen (secondary N) is 1. The number of carbonyl (C=O) groups excluding carboxylic acids is 1. The van der Waals surface area contributed by atoms with E-state index in [0.717, 1.165) is 44.6 Å². The zero-order valence-corrected chi connectivity index (χ0v) is 12.3. The number of thiophene rings is 1. The fraction of sp³-hybridized carbons (Fsp3) is 0.615. The van der Waals surface area contributed by atoms with Gasteiger partial charge in [0.15, 0.2) is 0 Å². The van der Waals surface area contributed by atoms with E-state index in [9.17, 15) is 14.9 Å². The van der Waals surface area contributed by atoms with E-state index < -0.39 is 0 Å². The summed E-state index contributed by atoms with van der Waals surface area (Å²) in [6.07, 6.45) is 2.23. The molecule has 20 heavy (non-hydrogen) atoms. The fourth-order valence-electron chi connectivity index (χ4n) is 2.55. The highest BCUT2D eigenvalue weighted by Crippen LogP contribution is 2.25. The van der Waals surface area contributed by atoms with Crippen molar-refractivity contribution in [1.29, 1.82) is 0 Å². The largest absolute Gasteiger partial charge is 0.356 e. The molecule has 7 heteroatoms. The van der Waals surface area contributed by atoms with Gasteiger partial charge in [0.2, 0.25) is 5.91 Å². The van der Waals surface area contributed by atoms with Crippen molar-refractivity contribution in [2.24, 2.45) is 5.92 Å². The first-order valence-electron chi connectivity index (χ1n) is 6.73. The van der Waals surface area contributed by atoms with Gasteiger partial charge < -0.3 is 5.32 Å². The molecule has 1 aliphatic rings. The molecule has 2 heterocycles. The third kappa shape index (κ3) is 4.28. The maximum atomic E-state index is 10.9. The molecular weight excluding hydrogens is 278 g/mol. The van der Waals surface area contributed by atoms with Gasteiger partial charge in [-0.3, -0.25) is 19.8 Å². The number of nitrogens with zero attached hydrogens (tertiary/aromatic N) is 2. The van der Waals surface area contributed by atoms with Gasteiger partial charge in [0.1, 0.15) is 0 Å². The zero-order valence-electron chi connectivity index (χ0n) is 11.5. The molecule has 1 saturated heterocycles. The molecule has 110 valence electrons. The van der Waals surface area contributed by atoms with Crippen LogP contribution < -0.4 is 5.32 Å². The molecule has 1 aliphatic heterocycles. The van der Waals surface area contributed by atoms with Crippen LogP contribution in [0.1, 0.15) is 25.3 Å². The van der Waals surface area contributed by atoms with Crippen LogP contribution in [0.5, 0.6) is 0 Å². The second-order valence-electron chi connectivity index (χ2n) is 5.23. The van der Waals surface area contributed by atoms with Crippen molar-refractivity contribution in [3.63, 3.8) is 0 Å². The molecule has 0 bridgehead atoms. The van der Waals surface area contributed by atoms with E-state index in [0.29, 0.717) is 5.92 Å². The molecule has 0 unspecified atom stereocenters. The SMILES string of the molecule is CC(=O)NC[C@@H]1CCCN(Cc2csc([N+](=O)[O-])c2)C1. The Kier molecular flexibility index (Phi) is 5.08. The van der Waals surface area contributed by atoms with Crippen molar-refractivity contribution in [1.82, 2.24) is 10.2 Å². The molecule has 1 atom stereocenters. The molecule has 0 aromatic carbocycles. The number of nitro groups is 1. The molecule has 1 amide bonds. The van der Waals surface area contributed by atoms with E-state index in [1.54, 1.807) is 6.07 Å². The molecule has 1 aromatic heterocycles. The van der Waals surface area contributed by atoms with E-state index in [4.69, 9.17) is 0 Å². The van der Waals surface area contributed by atoms with Crippen LogP contribution in [0.3, 0.4) is 0 Å². The van der Waals surface area contributed by atoms with E-state index in [1.165, 1.54) is 18.3 Å². The van der Waals surface area contributed by atoms with Gasteiger partial charge in [0, 0.05) is 38.0 Å². The summed E-state index contributed by atoms with van der Waals surface area (Å²) in [5.41, 5.74) is 1.00. The van der Waals surface area contributed by atoms with Gasteiger partial charge >= 0.3 is 5.00 Å². The molecule has 0 aliphatic carbocycles. The number of piperidine rings is 1. The molecule has 2 rings (SSSR count). The number of hydrogen-bond donors (Lipinski definition) is 1. The van der Waals surface area contributed by atoms with Crippen LogP contribution in [0.2, 0.25) is 0 Å². The van der Waals surface area contributed by atoms with E-state index >= 15 is 0 Å². The monoisotopic (exact) mass is 297 g/mol. The van der Waals surface area contributed by atoms with Crippen LogP contribution in [0.25, 0.3) is 0 Å². The lowest BCUT2D eigenvalue weighted by atomic mass is 9.97. The van der Waals surface area contributed by atoms with Crippen LogP contribution in [0.4, 0.5) is 5.00 Å². The van der Waals surface area contributed by atoms with Gasteiger partial charge in [0.25, 0.3) is 0 Å². The van der Waals surface area contributed by atoms with Gasteiger partial charge in [-0.2, -0.15) is 0 Å². The van der Waals surface area contributed by atoms with Gasteiger partial charge in [-0.15, -0.1) is 0 Å². The predicted molar refractivity (Wildman–Crippen MR) is 77.7 cm³/mol.